The van der Waals surface area contributed by atoms with Crippen molar-refractivity contribution in [1.82, 2.24) is 20.0 Å². The minimum absolute atomic E-state index is 0.213. The van der Waals surface area contributed by atoms with Gasteiger partial charge in [0.2, 0.25) is 0 Å². The zero-order chi connectivity index (χ0) is 20.7. The van der Waals surface area contributed by atoms with E-state index in [0.29, 0.717) is 29.2 Å². The molecule has 0 spiro atoms. The number of hydrogen-bond acceptors (Lipinski definition) is 7. The van der Waals surface area contributed by atoms with E-state index in [-0.39, 0.29) is 5.75 Å². The van der Waals surface area contributed by atoms with Crippen molar-refractivity contribution in [1.29, 1.82) is 0 Å². The standard InChI is InChI=1S/C23H32N6O/c1-27-10-8-16(9-11-27)13-29-17-6-7-18(29)15-28(14-17)21-12-20(25-26-23(21)24)19-4-2-3-5-22(19)30/h2-5,12,16-18,30H,6-11,13-15H2,1H3,(H2,24,26). The number of nitrogens with zero attached hydrogens (tertiary/aromatic N) is 5. The molecule has 3 aliphatic heterocycles. The van der Waals surface area contributed by atoms with Gasteiger partial charge < -0.3 is 20.6 Å². The first-order valence-corrected chi connectivity index (χ1v) is 11.2. The molecule has 0 amide bonds. The number of benzene rings is 1. The van der Waals surface area contributed by atoms with Gasteiger partial charge in [-0.15, -0.1) is 10.2 Å². The Labute approximate surface area is 178 Å². The molecule has 1 aromatic carbocycles. The maximum absolute atomic E-state index is 10.2. The van der Waals surface area contributed by atoms with Crippen molar-refractivity contribution in [3.05, 3.63) is 30.3 Å². The van der Waals surface area contributed by atoms with Gasteiger partial charge in [0, 0.05) is 37.3 Å². The maximum atomic E-state index is 10.2. The van der Waals surface area contributed by atoms with Gasteiger partial charge in [0.25, 0.3) is 0 Å². The summed E-state index contributed by atoms with van der Waals surface area (Å²) in [5.74, 6) is 1.51. The molecule has 7 nitrogen and oxygen atoms in total. The van der Waals surface area contributed by atoms with Crippen LogP contribution in [0.2, 0.25) is 0 Å². The van der Waals surface area contributed by atoms with Gasteiger partial charge in [-0.3, -0.25) is 4.90 Å². The van der Waals surface area contributed by atoms with E-state index in [4.69, 9.17) is 5.73 Å². The van der Waals surface area contributed by atoms with E-state index in [1.54, 1.807) is 6.07 Å². The average molecular weight is 409 g/mol. The summed E-state index contributed by atoms with van der Waals surface area (Å²) in [6, 6.07) is 10.4. The molecule has 5 rings (SSSR count). The molecule has 3 saturated heterocycles. The number of aromatic hydroxyl groups is 1. The average Bonchev–Trinajstić information content (AvgIpc) is 2.97. The number of para-hydroxylation sites is 1. The molecule has 1 aromatic heterocycles. The van der Waals surface area contributed by atoms with Crippen molar-refractivity contribution < 1.29 is 5.11 Å². The SMILES string of the molecule is CN1CCC(CN2C3CCC2CN(c2cc(-c4ccccc4O)nnc2N)C3)CC1. The topological polar surface area (TPSA) is 81.8 Å². The molecule has 0 saturated carbocycles. The predicted molar refractivity (Wildman–Crippen MR) is 119 cm³/mol. The number of hydrogen-bond donors (Lipinski definition) is 2. The maximum Gasteiger partial charge on any atom is 0.169 e. The first kappa shape index (κ1) is 19.6. The van der Waals surface area contributed by atoms with Crippen LogP contribution in [0.4, 0.5) is 11.5 Å². The number of phenolic OH excluding ortho intramolecular Hbond substituents is 1. The third kappa shape index (κ3) is 3.72. The van der Waals surface area contributed by atoms with E-state index in [1.165, 1.54) is 45.3 Å². The van der Waals surface area contributed by atoms with Crippen molar-refractivity contribution in [3.8, 4) is 17.0 Å². The monoisotopic (exact) mass is 408 g/mol. The van der Waals surface area contributed by atoms with Crippen LogP contribution in [0.15, 0.2) is 30.3 Å². The molecule has 3 aliphatic rings. The lowest BCUT2D eigenvalue weighted by Crippen LogP contribution is -2.55. The van der Waals surface area contributed by atoms with Crippen LogP contribution in [-0.4, -0.2) is 77.0 Å². The van der Waals surface area contributed by atoms with Crippen LogP contribution < -0.4 is 10.6 Å². The van der Waals surface area contributed by atoms with Gasteiger partial charge in [0.05, 0.1) is 11.4 Å². The summed E-state index contributed by atoms with van der Waals surface area (Å²) in [4.78, 5) is 7.62. The van der Waals surface area contributed by atoms with Crippen molar-refractivity contribution in [2.24, 2.45) is 5.92 Å². The largest absolute Gasteiger partial charge is 0.507 e. The molecule has 0 aliphatic carbocycles. The lowest BCUT2D eigenvalue weighted by Gasteiger charge is -2.44. The summed E-state index contributed by atoms with van der Waals surface area (Å²) >= 11 is 0. The Balaban J connectivity index is 1.32. The van der Waals surface area contributed by atoms with Crippen LogP contribution in [0.3, 0.4) is 0 Å². The van der Waals surface area contributed by atoms with Gasteiger partial charge in [-0.1, -0.05) is 12.1 Å². The Morgan fingerprint density at radius 1 is 1.03 bits per heavy atom. The van der Waals surface area contributed by atoms with Crippen LogP contribution in [0.5, 0.6) is 5.75 Å². The van der Waals surface area contributed by atoms with E-state index < -0.39 is 0 Å². The third-order valence-corrected chi connectivity index (χ3v) is 7.26. The number of rotatable bonds is 4. The molecule has 0 radical (unpaired) electrons. The molecule has 30 heavy (non-hydrogen) atoms. The van der Waals surface area contributed by atoms with Crippen LogP contribution in [0.25, 0.3) is 11.3 Å². The quantitative estimate of drug-likeness (QED) is 0.804. The van der Waals surface area contributed by atoms with Crippen molar-refractivity contribution in [2.75, 3.05) is 50.4 Å². The molecule has 160 valence electrons. The Hall–Kier alpha value is -2.38. The highest BCUT2D eigenvalue weighted by Crippen LogP contribution is 2.37. The lowest BCUT2D eigenvalue weighted by molar-refractivity contribution is 0.112. The number of fused-ring (bicyclic) bond motifs is 2. The molecule has 3 fully saturated rings. The highest BCUT2D eigenvalue weighted by atomic mass is 16.3. The summed E-state index contributed by atoms with van der Waals surface area (Å²) in [7, 11) is 2.23. The van der Waals surface area contributed by atoms with E-state index in [1.807, 2.05) is 24.3 Å². The van der Waals surface area contributed by atoms with Crippen molar-refractivity contribution >= 4 is 11.5 Å². The minimum atomic E-state index is 0.213. The summed E-state index contributed by atoms with van der Waals surface area (Å²) in [6.45, 7) is 5.67. The highest BCUT2D eigenvalue weighted by molar-refractivity contribution is 5.74. The van der Waals surface area contributed by atoms with Gasteiger partial charge in [0.1, 0.15) is 5.75 Å². The molecule has 2 bridgehead atoms. The highest BCUT2D eigenvalue weighted by Gasteiger charge is 2.41. The van der Waals surface area contributed by atoms with Gasteiger partial charge >= 0.3 is 0 Å². The fourth-order valence-electron chi connectivity index (χ4n) is 5.49. The number of aromatic nitrogens is 2. The number of phenols is 1. The van der Waals surface area contributed by atoms with Gasteiger partial charge in [0.15, 0.2) is 5.82 Å². The third-order valence-electron chi connectivity index (χ3n) is 7.26. The second-order valence-corrected chi connectivity index (χ2v) is 9.25. The van der Waals surface area contributed by atoms with E-state index in [9.17, 15) is 5.11 Å². The predicted octanol–water partition coefficient (Wildman–Crippen LogP) is 2.43. The fraction of sp³-hybridized carbons (Fsp3) is 0.565. The Morgan fingerprint density at radius 3 is 2.43 bits per heavy atom. The fourth-order valence-corrected chi connectivity index (χ4v) is 5.49. The number of nitrogens with two attached hydrogens (primary N) is 1. The van der Waals surface area contributed by atoms with Crippen LogP contribution in [0, 0.1) is 5.92 Å². The number of nitrogen functional groups attached to an aromatic ring is 1. The van der Waals surface area contributed by atoms with Gasteiger partial charge in [-0.25, -0.2) is 0 Å². The zero-order valence-corrected chi connectivity index (χ0v) is 17.7. The van der Waals surface area contributed by atoms with Crippen LogP contribution in [-0.2, 0) is 0 Å². The van der Waals surface area contributed by atoms with Crippen LogP contribution in [0.1, 0.15) is 25.7 Å². The smallest absolute Gasteiger partial charge is 0.169 e. The molecule has 4 heterocycles. The molecular formula is C23H32N6O. The molecule has 2 aromatic rings. The van der Waals surface area contributed by atoms with Crippen molar-refractivity contribution in [2.45, 2.75) is 37.8 Å². The van der Waals surface area contributed by atoms with Gasteiger partial charge in [-0.2, -0.15) is 0 Å². The molecule has 2 atom stereocenters. The van der Waals surface area contributed by atoms with Crippen LogP contribution >= 0.6 is 0 Å². The van der Waals surface area contributed by atoms with E-state index in [0.717, 1.165) is 24.7 Å². The number of anilines is 2. The van der Waals surface area contributed by atoms with E-state index in [2.05, 4.69) is 31.9 Å². The molecule has 2 unspecified atom stereocenters. The number of likely N-dealkylation sites (tertiary alicyclic amines) is 1. The molecule has 7 heteroatoms. The summed E-state index contributed by atoms with van der Waals surface area (Å²) in [5.41, 5.74) is 8.55. The Morgan fingerprint density at radius 2 is 1.73 bits per heavy atom. The first-order chi connectivity index (χ1) is 14.6. The lowest BCUT2D eigenvalue weighted by atomic mass is 9.95. The Kier molecular flexibility index (Phi) is 5.25. The molecule has 3 N–H and O–H groups in total. The first-order valence-electron chi connectivity index (χ1n) is 11.2. The molecular weight excluding hydrogens is 376 g/mol. The second kappa shape index (κ2) is 8.04. The normalized spacial score (nSPS) is 25.7. The van der Waals surface area contributed by atoms with Crippen molar-refractivity contribution in [3.63, 3.8) is 0 Å². The second-order valence-electron chi connectivity index (χ2n) is 9.25. The summed E-state index contributed by atoms with van der Waals surface area (Å²) in [6.07, 6.45) is 5.17. The summed E-state index contributed by atoms with van der Waals surface area (Å²) in [5, 5.41) is 18.7. The number of piperidine rings is 1. The minimum Gasteiger partial charge on any atom is -0.507 e. The summed E-state index contributed by atoms with van der Waals surface area (Å²) < 4.78 is 0. The Bertz CT molecular complexity index is 883. The number of piperazine rings is 1. The zero-order valence-electron chi connectivity index (χ0n) is 17.7. The van der Waals surface area contributed by atoms with Gasteiger partial charge in [-0.05, 0) is 69.9 Å². The van der Waals surface area contributed by atoms with E-state index >= 15 is 0 Å².